The predicted molar refractivity (Wildman–Crippen MR) is 68.9 cm³/mol. The fourth-order valence-corrected chi connectivity index (χ4v) is 2.02. The number of aryl methyl sites for hydroxylation is 2. The summed E-state index contributed by atoms with van der Waals surface area (Å²) in [6, 6.07) is 6.91. The summed E-state index contributed by atoms with van der Waals surface area (Å²) in [7, 11) is 0. The second kappa shape index (κ2) is 4.49. The van der Waals surface area contributed by atoms with Gasteiger partial charge in [-0.05, 0) is 19.4 Å². The molecule has 0 saturated carbocycles. The molecule has 0 bridgehead atoms. The van der Waals surface area contributed by atoms with Crippen LogP contribution in [0, 0.1) is 13.8 Å². The van der Waals surface area contributed by atoms with Gasteiger partial charge < -0.3 is 10.1 Å². The molecule has 0 aliphatic carbocycles. The summed E-state index contributed by atoms with van der Waals surface area (Å²) in [5.41, 5.74) is 3.01. The number of aromatic nitrogens is 1. The number of nitrogens with one attached hydrogen (secondary N) is 1. The summed E-state index contributed by atoms with van der Waals surface area (Å²) in [5, 5.41) is 9.14. The van der Waals surface area contributed by atoms with Crippen LogP contribution in [0.25, 0.3) is 11.1 Å². The number of carboxylic acid groups (broad SMARTS) is 1. The van der Waals surface area contributed by atoms with Crippen molar-refractivity contribution in [2.24, 2.45) is 0 Å². The summed E-state index contributed by atoms with van der Waals surface area (Å²) in [4.78, 5) is 24.9. The van der Waals surface area contributed by atoms with Crippen molar-refractivity contribution in [3.05, 3.63) is 57.5 Å². The third kappa shape index (κ3) is 2.32. The van der Waals surface area contributed by atoms with Gasteiger partial charge in [-0.3, -0.25) is 4.79 Å². The van der Waals surface area contributed by atoms with Gasteiger partial charge in [-0.15, -0.1) is 0 Å². The summed E-state index contributed by atoms with van der Waals surface area (Å²) in [6.07, 6.45) is 1.44. The van der Waals surface area contributed by atoms with Crippen LogP contribution >= 0.6 is 0 Å². The predicted octanol–water partition coefficient (Wildman–Crippen LogP) is 2.36. The van der Waals surface area contributed by atoms with Gasteiger partial charge in [0.2, 0.25) is 5.56 Å². The van der Waals surface area contributed by atoms with Crippen molar-refractivity contribution >= 4 is 5.97 Å². The Balaban J connectivity index is 2.70. The quantitative estimate of drug-likeness (QED) is 0.850. The molecule has 1 aromatic heterocycles. The Morgan fingerprint density at radius 3 is 2.28 bits per heavy atom. The Labute approximate surface area is 104 Å². The number of carboxylic acids is 1. The monoisotopic (exact) mass is 243 g/mol. The number of aromatic amines is 1. The Morgan fingerprint density at radius 2 is 1.72 bits per heavy atom. The summed E-state index contributed by atoms with van der Waals surface area (Å²) >= 11 is 0. The van der Waals surface area contributed by atoms with E-state index in [1.807, 2.05) is 32.0 Å². The summed E-state index contributed by atoms with van der Waals surface area (Å²) in [5.74, 6) is -1.10. The van der Waals surface area contributed by atoms with E-state index in [9.17, 15) is 9.59 Å². The van der Waals surface area contributed by atoms with Crippen LogP contribution in [-0.4, -0.2) is 16.1 Å². The lowest BCUT2D eigenvalue weighted by Gasteiger charge is -2.08. The molecule has 1 heterocycles. The number of pyridine rings is 1. The van der Waals surface area contributed by atoms with Crippen molar-refractivity contribution < 1.29 is 9.90 Å². The lowest BCUT2D eigenvalue weighted by Crippen LogP contribution is -2.10. The molecule has 18 heavy (non-hydrogen) atoms. The maximum absolute atomic E-state index is 11.2. The molecule has 4 heteroatoms. The first-order valence-electron chi connectivity index (χ1n) is 5.52. The number of aromatic carboxylic acids is 1. The van der Waals surface area contributed by atoms with Gasteiger partial charge in [0.25, 0.3) is 0 Å². The highest BCUT2D eigenvalue weighted by Gasteiger charge is 2.12. The van der Waals surface area contributed by atoms with Crippen LogP contribution in [0.4, 0.5) is 0 Å². The van der Waals surface area contributed by atoms with E-state index in [-0.39, 0.29) is 5.56 Å². The molecule has 0 radical (unpaired) electrons. The summed E-state index contributed by atoms with van der Waals surface area (Å²) < 4.78 is 0. The van der Waals surface area contributed by atoms with Crippen molar-refractivity contribution in [3.63, 3.8) is 0 Å². The van der Waals surface area contributed by atoms with Gasteiger partial charge in [0.1, 0.15) is 0 Å². The average molecular weight is 243 g/mol. The van der Waals surface area contributed by atoms with E-state index in [4.69, 9.17) is 5.11 Å². The minimum Gasteiger partial charge on any atom is -0.478 e. The number of H-pyrrole nitrogens is 1. The van der Waals surface area contributed by atoms with Gasteiger partial charge in [0, 0.05) is 17.8 Å². The first kappa shape index (κ1) is 12.1. The minimum absolute atomic E-state index is 0.0174. The van der Waals surface area contributed by atoms with Gasteiger partial charge in [-0.2, -0.15) is 0 Å². The van der Waals surface area contributed by atoms with Gasteiger partial charge in [0.15, 0.2) is 0 Å². The molecule has 0 amide bonds. The van der Waals surface area contributed by atoms with Gasteiger partial charge in [0.05, 0.1) is 5.56 Å². The maximum atomic E-state index is 11.2. The van der Waals surface area contributed by atoms with Crippen LogP contribution in [0.5, 0.6) is 0 Å². The Kier molecular flexibility index (Phi) is 3.02. The molecule has 0 unspecified atom stereocenters. The molecule has 0 saturated heterocycles. The zero-order valence-corrected chi connectivity index (χ0v) is 10.2. The zero-order chi connectivity index (χ0) is 13.3. The first-order chi connectivity index (χ1) is 8.47. The van der Waals surface area contributed by atoms with Gasteiger partial charge in [-0.1, -0.05) is 29.3 Å². The maximum Gasteiger partial charge on any atom is 0.336 e. The Morgan fingerprint density at radius 1 is 1.11 bits per heavy atom. The minimum atomic E-state index is -1.10. The van der Waals surface area contributed by atoms with E-state index in [0.717, 1.165) is 22.8 Å². The van der Waals surface area contributed by atoms with Crippen molar-refractivity contribution in [3.8, 4) is 11.1 Å². The van der Waals surface area contributed by atoms with Crippen LogP contribution in [0.1, 0.15) is 21.5 Å². The fraction of sp³-hybridized carbons (Fsp3) is 0.143. The molecule has 0 atom stereocenters. The molecule has 0 spiro atoms. The van der Waals surface area contributed by atoms with Crippen molar-refractivity contribution in [1.29, 1.82) is 0 Å². The molecule has 0 fully saturated rings. The number of benzene rings is 1. The smallest absolute Gasteiger partial charge is 0.336 e. The summed E-state index contributed by atoms with van der Waals surface area (Å²) in [6.45, 7) is 3.89. The molecular formula is C14H13NO3. The highest BCUT2D eigenvalue weighted by atomic mass is 16.4. The Bertz CT molecular complexity index is 651. The normalized spacial score (nSPS) is 10.3. The molecule has 2 N–H and O–H groups in total. The first-order valence-corrected chi connectivity index (χ1v) is 5.52. The van der Waals surface area contributed by atoms with Crippen LogP contribution in [0.3, 0.4) is 0 Å². The zero-order valence-electron chi connectivity index (χ0n) is 10.2. The molecule has 2 aromatic rings. The standard InChI is InChI=1S/C14H13NO3/c1-8-3-9(2)5-10(4-8)12-7-15-13(16)6-11(12)14(17)18/h3-7H,1-2H3,(H,15,16)(H,17,18). The van der Waals surface area contributed by atoms with Gasteiger partial charge >= 0.3 is 5.97 Å². The molecule has 0 aliphatic heterocycles. The van der Waals surface area contributed by atoms with Crippen LogP contribution in [0.2, 0.25) is 0 Å². The SMILES string of the molecule is Cc1cc(C)cc(-c2c[nH]c(=O)cc2C(=O)O)c1. The van der Waals surface area contributed by atoms with Crippen molar-refractivity contribution in [1.82, 2.24) is 4.98 Å². The largest absolute Gasteiger partial charge is 0.478 e. The second-order valence-electron chi connectivity index (χ2n) is 4.31. The Hall–Kier alpha value is -2.36. The van der Waals surface area contributed by atoms with E-state index in [0.29, 0.717) is 5.56 Å². The van der Waals surface area contributed by atoms with E-state index in [1.54, 1.807) is 0 Å². The highest BCUT2D eigenvalue weighted by Crippen LogP contribution is 2.24. The van der Waals surface area contributed by atoms with Crippen molar-refractivity contribution in [2.45, 2.75) is 13.8 Å². The number of hydrogen-bond acceptors (Lipinski definition) is 2. The topological polar surface area (TPSA) is 70.2 Å². The number of carbonyl (C=O) groups is 1. The van der Waals surface area contributed by atoms with Crippen LogP contribution in [-0.2, 0) is 0 Å². The molecule has 2 rings (SSSR count). The van der Waals surface area contributed by atoms with Crippen LogP contribution in [0.15, 0.2) is 35.3 Å². The van der Waals surface area contributed by atoms with E-state index >= 15 is 0 Å². The van der Waals surface area contributed by atoms with E-state index in [2.05, 4.69) is 4.98 Å². The molecular weight excluding hydrogens is 230 g/mol. The fourth-order valence-electron chi connectivity index (χ4n) is 2.02. The van der Waals surface area contributed by atoms with Gasteiger partial charge in [-0.25, -0.2) is 4.79 Å². The third-order valence-electron chi connectivity index (χ3n) is 2.69. The van der Waals surface area contributed by atoms with Crippen LogP contribution < -0.4 is 5.56 Å². The molecule has 92 valence electrons. The second-order valence-corrected chi connectivity index (χ2v) is 4.31. The lowest BCUT2D eigenvalue weighted by atomic mass is 9.98. The highest BCUT2D eigenvalue weighted by molar-refractivity contribution is 5.95. The third-order valence-corrected chi connectivity index (χ3v) is 2.69. The molecule has 1 aromatic carbocycles. The number of hydrogen-bond donors (Lipinski definition) is 2. The molecule has 4 nitrogen and oxygen atoms in total. The van der Waals surface area contributed by atoms with E-state index < -0.39 is 11.5 Å². The number of rotatable bonds is 2. The van der Waals surface area contributed by atoms with E-state index in [1.165, 1.54) is 6.20 Å². The van der Waals surface area contributed by atoms with Crippen molar-refractivity contribution in [2.75, 3.05) is 0 Å². The molecule has 0 aliphatic rings. The average Bonchev–Trinajstić information content (AvgIpc) is 2.27. The lowest BCUT2D eigenvalue weighted by molar-refractivity contribution is 0.0697.